The fourth-order valence-electron chi connectivity index (χ4n) is 1.61. The second-order valence-electron chi connectivity index (χ2n) is 3.78. The van der Waals surface area contributed by atoms with Crippen molar-refractivity contribution in [2.45, 2.75) is 13.3 Å². The van der Waals surface area contributed by atoms with E-state index < -0.39 is 0 Å². The molecule has 1 heterocycles. The van der Waals surface area contributed by atoms with E-state index in [1.807, 2.05) is 0 Å². The van der Waals surface area contributed by atoms with Gasteiger partial charge in [-0.1, -0.05) is 0 Å². The quantitative estimate of drug-likeness (QED) is 0.915. The van der Waals surface area contributed by atoms with Crippen LogP contribution in [0.4, 0.5) is 4.39 Å². The van der Waals surface area contributed by atoms with Gasteiger partial charge in [0.25, 0.3) is 0 Å². The number of aryl methyl sites for hydroxylation is 1. The minimum Gasteiger partial charge on any atom is -0.396 e. The largest absolute Gasteiger partial charge is 0.396 e. The molecule has 90 valence electrons. The Hall–Kier alpha value is -1.20. The summed E-state index contributed by atoms with van der Waals surface area (Å²) in [4.78, 5) is 7.39. The number of rotatable bonds is 3. The molecule has 3 nitrogen and oxygen atoms in total. The van der Waals surface area contributed by atoms with E-state index in [2.05, 4.69) is 25.9 Å². The number of imidazole rings is 1. The molecule has 0 saturated carbocycles. The number of aromatic amines is 1. The molecule has 17 heavy (non-hydrogen) atoms. The summed E-state index contributed by atoms with van der Waals surface area (Å²) >= 11 is 3.37. The molecule has 0 spiro atoms. The first kappa shape index (κ1) is 12.3. The van der Waals surface area contributed by atoms with E-state index in [0.717, 1.165) is 15.9 Å². The number of nitrogens with one attached hydrogen (secondary N) is 1. The van der Waals surface area contributed by atoms with Crippen molar-refractivity contribution in [3.63, 3.8) is 0 Å². The van der Waals surface area contributed by atoms with Crippen molar-refractivity contribution < 1.29 is 9.50 Å². The van der Waals surface area contributed by atoms with Crippen molar-refractivity contribution in [3.05, 3.63) is 40.0 Å². The van der Waals surface area contributed by atoms with Crippen LogP contribution in [0.2, 0.25) is 0 Å². The van der Waals surface area contributed by atoms with Gasteiger partial charge in [0.15, 0.2) is 0 Å². The minimum absolute atomic E-state index is 0.0435. The van der Waals surface area contributed by atoms with E-state index in [-0.39, 0.29) is 12.4 Å². The van der Waals surface area contributed by atoms with Crippen LogP contribution < -0.4 is 0 Å². The third-order valence-corrected chi connectivity index (χ3v) is 3.06. The molecule has 1 aromatic carbocycles. The lowest BCUT2D eigenvalue weighted by atomic mass is 10.1. The van der Waals surface area contributed by atoms with Crippen molar-refractivity contribution in [2.75, 3.05) is 6.61 Å². The Labute approximate surface area is 107 Å². The summed E-state index contributed by atoms with van der Waals surface area (Å²) in [5, 5.41) is 8.85. The maximum Gasteiger partial charge on any atom is 0.126 e. The van der Waals surface area contributed by atoms with Crippen molar-refractivity contribution in [3.8, 4) is 11.3 Å². The predicted molar refractivity (Wildman–Crippen MR) is 67.2 cm³/mol. The molecule has 0 aliphatic carbocycles. The van der Waals surface area contributed by atoms with Crippen molar-refractivity contribution in [1.82, 2.24) is 9.97 Å². The maximum atomic E-state index is 13.2. The van der Waals surface area contributed by atoms with E-state index in [1.54, 1.807) is 19.1 Å². The van der Waals surface area contributed by atoms with Gasteiger partial charge in [-0.05, 0) is 46.6 Å². The summed E-state index contributed by atoms with van der Waals surface area (Å²) < 4.78 is 13.9. The van der Waals surface area contributed by atoms with Crippen LogP contribution in [0.1, 0.15) is 11.4 Å². The number of aliphatic hydroxyl groups excluding tert-OH is 1. The van der Waals surface area contributed by atoms with Gasteiger partial charge in [0, 0.05) is 12.0 Å². The van der Waals surface area contributed by atoms with Crippen LogP contribution in [0.15, 0.2) is 22.8 Å². The van der Waals surface area contributed by atoms with Gasteiger partial charge in [0.2, 0.25) is 0 Å². The minimum atomic E-state index is -0.226. The third-order valence-electron chi connectivity index (χ3n) is 2.49. The summed E-state index contributed by atoms with van der Waals surface area (Å²) in [7, 11) is 0. The van der Waals surface area contributed by atoms with E-state index in [4.69, 9.17) is 5.11 Å². The van der Waals surface area contributed by atoms with E-state index >= 15 is 0 Å². The molecule has 5 heteroatoms. The Kier molecular flexibility index (Phi) is 3.59. The van der Waals surface area contributed by atoms with E-state index in [9.17, 15) is 4.39 Å². The van der Waals surface area contributed by atoms with Crippen LogP contribution in [0, 0.1) is 12.7 Å². The Morgan fingerprint density at radius 1 is 1.47 bits per heavy atom. The smallest absolute Gasteiger partial charge is 0.126 e. The highest BCUT2D eigenvalue weighted by Crippen LogP contribution is 2.27. The van der Waals surface area contributed by atoms with Crippen LogP contribution in [0.5, 0.6) is 0 Å². The number of aliphatic hydroxyl groups is 1. The molecule has 2 N–H and O–H groups in total. The van der Waals surface area contributed by atoms with Gasteiger partial charge in [-0.15, -0.1) is 0 Å². The zero-order valence-electron chi connectivity index (χ0n) is 9.30. The third kappa shape index (κ3) is 2.56. The first-order chi connectivity index (χ1) is 8.11. The fraction of sp³-hybridized carbons (Fsp3) is 0.250. The van der Waals surface area contributed by atoms with Crippen molar-refractivity contribution in [2.24, 2.45) is 0 Å². The summed E-state index contributed by atoms with van der Waals surface area (Å²) in [5.74, 6) is 0.479. The molecule has 0 radical (unpaired) electrons. The monoisotopic (exact) mass is 298 g/mol. The normalized spacial score (nSPS) is 10.8. The molecule has 0 fully saturated rings. The van der Waals surface area contributed by atoms with Gasteiger partial charge in [-0.2, -0.15) is 0 Å². The van der Waals surface area contributed by atoms with Gasteiger partial charge in [-0.25, -0.2) is 9.37 Å². The Bertz CT molecular complexity index is 539. The zero-order chi connectivity index (χ0) is 12.4. The first-order valence-corrected chi connectivity index (χ1v) is 6.03. The second-order valence-corrected chi connectivity index (χ2v) is 4.58. The summed E-state index contributed by atoms with van der Waals surface area (Å²) in [6, 6.07) is 4.86. The number of hydrogen-bond donors (Lipinski definition) is 2. The number of nitrogens with zero attached hydrogens (tertiary/aromatic N) is 1. The van der Waals surface area contributed by atoms with Crippen molar-refractivity contribution in [1.29, 1.82) is 0 Å². The Morgan fingerprint density at radius 2 is 2.24 bits per heavy atom. The summed E-state index contributed by atoms with van der Waals surface area (Å²) in [6.07, 6.45) is 0.471. The van der Waals surface area contributed by atoms with Gasteiger partial charge in [-0.3, -0.25) is 0 Å². The zero-order valence-corrected chi connectivity index (χ0v) is 10.9. The van der Waals surface area contributed by atoms with Crippen LogP contribution in [-0.2, 0) is 6.42 Å². The fourth-order valence-corrected chi connectivity index (χ4v) is 2.15. The van der Waals surface area contributed by atoms with Gasteiger partial charge < -0.3 is 10.1 Å². The van der Waals surface area contributed by atoms with Crippen LogP contribution in [0.25, 0.3) is 11.3 Å². The molecule has 2 rings (SSSR count). The average molecular weight is 299 g/mol. The van der Waals surface area contributed by atoms with Crippen molar-refractivity contribution >= 4 is 15.9 Å². The number of aromatic nitrogens is 2. The molecule has 0 aliphatic rings. The van der Waals surface area contributed by atoms with Crippen LogP contribution in [0.3, 0.4) is 0 Å². The number of hydrogen-bond acceptors (Lipinski definition) is 2. The maximum absolute atomic E-state index is 13.2. The Morgan fingerprint density at radius 3 is 2.88 bits per heavy atom. The SMILES string of the molecule is Cc1cc(-c2nc(CCO)[nH]c2Br)ccc1F. The van der Waals surface area contributed by atoms with Gasteiger partial charge in [0.05, 0.1) is 6.61 Å². The molecular weight excluding hydrogens is 287 g/mol. The molecule has 1 aromatic heterocycles. The molecule has 0 bridgehead atoms. The molecule has 0 amide bonds. The molecule has 0 atom stereocenters. The predicted octanol–water partition coefficient (Wildman–Crippen LogP) is 2.82. The van der Waals surface area contributed by atoms with Gasteiger partial charge >= 0.3 is 0 Å². The number of benzene rings is 1. The molecule has 0 saturated heterocycles. The molecule has 0 aliphatic heterocycles. The number of halogens is 2. The van der Waals surface area contributed by atoms with E-state index in [1.165, 1.54) is 6.07 Å². The first-order valence-electron chi connectivity index (χ1n) is 5.23. The molecule has 2 aromatic rings. The average Bonchev–Trinajstić information content (AvgIpc) is 2.64. The molecule has 0 unspecified atom stereocenters. The lowest BCUT2D eigenvalue weighted by Gasteiger charge is -2.00. The highest BCUT2D eigenvalue weighted by molar-refractivity contribution is 9.10. The standard InChI is InChI=1S/C12H12BrFN2O/c1-7-6-8(2-3-9(7)14)11-12(13)16-10(15-11)4-5-17/h2-3,6,17H,4-5H2,1H3,(H,15,16). The topological polar surface area (TPSA) is 48.9 Å². The lowest BCUT2D eigenvalue weighted by molar-refractivity contribution is 0.297. The second kappa shape index (κ2) is 4.98. The van der Waals surface area contributed by atoms with Gasteiger partial charge in [0.1, 0.15) is 21.9 Å². The summed E-state index contributed by atoms with van der Waals surface area (Å²) in [5.41, 5.74) is 2.16. The lowest BCUT2D eigenvalue weighted by Crippen LogP contribution is -1.92. The highest BCUT2D eigenvalue weighted by atomic mass is 79.9. The Balaban J connectivity index is 2.41. The highest BCUT2D eigenvalue weighted by Gasteiger charge is 2.11. The van der Waals surface area contributed by atoms with Crippen LogP contribution >= 0.6 is 15.9 Å². The number of H-pyrrole nitrogens is 1. The molecular formula is C12H12BrFN2O. The van der Waals surface area contributed by atoms with E-state index in [0.29, 0.717) is 17.8 Å². The summed E-state index contributed by atoms with van der Waals surface area (Å²) in [6.45, 7) is 1.76. The van der Waals surface area contributed by atoms with Crippen LogP contribution in [-0.4, -0.2) is 21.7 Å².